The second-order valence-corrected chi connectivity index (χ2v) is 5.25. The van der Waals surface area contributed by atoms with Crippen molar-refractivity contribution < 1.29 is 4.79 Å². The molecule has 3 rings (SSSR count). The van der Waals surface area contributed by atoms with Gasteiger partial charge in [-0.1, -0.05) is 18.2 Å². The zero-order chi connectivity index (χ0) is 14.1. The molecule has 0 saturated heterocycles. The molecular formula is C15H17N3O2. The highest BCUT2D eigenvalue weighted by atomic mass is 16.2. The number of aromatic nitrogens is 1. The Hall–Kier alpha value is -2.14. The van der Waals surface area contributed by atoms with E-state index in [1.165, 1.54) is 6.07 Å². The summed E-state index contributed by atoms with van der Waals surface area (Å²) in [6.07, 6.45) is 2.22. The van der Waals surface area contributed by atoms with E-state index in [1.54, 1.807) is 6.07 Å². The van der Waals surface area contributed by atoms with Gasteiger partial charge >= 0.3 is 0 Å². The lowest BCUT2D eigenvalue weighted by atomic mass is 10.1. The largest absolute Gasteiger partial charge is 0.348 e. The third-order valence-corrected chi connectivity index (χ3v) is 3.76. The maximum atomic E-state index is 12.4. The van der Waals surface area contributed by atoms with Crippen LogP contribution in [0.25, 0.3) is 10.9 Å². The van der Waals surface area contributed by atoms with Crippen LogP contribution in [-0.4, -0.2) is 23.5 Å². The van der Waals surface area contributed by atoms with Crippen molar-refractivity contribution in [2.75, 3.05) is 6.54 Å². The first kappa shape index (κ1) is 12.9. The molecule has 1 amide bonds. The average molecular weight is 271 g/mol. The molecule has 0 spiro atoms. The van der Waals surface area contributed by atoms with Gasteiger partial charge in [0, 0.05) is 29.6 Å². The summed E-state index contributed by atoms with van der Waals surface area (Å²) in [7, 11) is 0. The van der Waals surface area contributed by atoms with Crippen LogP contribution >= 0.6 is 0 Å². The van der Waals surface area contributed by atoms with Crippen molar-refractivity contribution >= 4 is 16.8 Å². The van der Waals surface area contributed by atoms with Gasteiger partial charge in [-0.2, -0.15) is 0 Å². The summed E-state index contributed by atoms with van der Waals surface area (Å²) in [5.41, 5.74) is 6.50. The molecule has 0 aliphatic heterocycles. The van der Waals surface area contributed by atoms with Crippen LogP contribution in [0.15, 0.2) is 35.1 Å². The summed E-state index contributed by atoms with van der Waals surface area (Å²) in [5, 5.41) is 3.69. The van der Waals surface area contributed by atoms with Crippen molar-refractivity contribution in [2.24, 2.45) is 11.7 Å². The highest BCUT2D eigenvalue weighted by molar-refractivity contribution is 6.06. The molecule has 5 nitrogen and oxygen atoms in total. The standard InChI is InChI=1S/C15H17N3O2/c16-8-13(9-5-6-9)18-15(20)11-7-14(19)17-12-4-2-1-3-10(11)12/h1-4,7,9,13H,5-6,8,16H2,(H,17,19)(H,18,20). The summed E-state index contributed by atoms with van der Waals surface area (Å²) in [6.45, 7) is 0.428. The molecule has 0 radical (unpaired) electrons. The Balaban J connectivity index is 1.96. The Labute approximate surface area is 116 Å². The normalized spacial score (nSPS) is 16.1. The van der Waals surface area contributed by atoms with Crippen molar-refractivity contribution in [3.05, 3.63) is 46.2 Å². The molecule has 0 bridgehead atoms. The fraction of sp³-hybridized carbons (Fsp3) is 0.333. The molecular weight excluding hydrogens is 254 g/mol. The second kappa shape index (κ2) is 5.09. The van der Waals surface area contributed by atoms with E-state index in [0.717, 1.165) is 18.2 Å². The Morgan fingerprint density at radius 2 is 2.15 bits per heavy atom. The van der Waals surface area contributed by atoms with Crippen LogP contribution in [0.3, 0.4) is 0 Å². The smallest absolute Gasteiger partial charge is 0.252 e. The summed E-state index contributed by atoms with van der Waals surface area (Å²) in [5.74, 6) is 0.256. The van der Waals surface area contributed by atoms with Crippen LogP contribution in [0.4, 0.5) is 0 Å². The van der Waals surface area contributed by atoms with Crippen LogP contribution in [0.2, 0.25) is 0 Å². The minimum Gasteiger partial charge on any atom is -0.348 e. The zero-order valence-electron chi connectivity index (χ0n) is 11.1. The van der Waals surface area contributed by atoms with Crippen LogP contribution in [0.5, 0.6) is 0 Å². The molecule has 1 fully saturated rings. The van der Waals surface area contributed by atoms with E-state index in [1.807, 2.05) is 18.2 Å². The maximum absolute atomic E-state index is 12.4. The van der Waals surface area contributed by atoms with Gasteiger partial charge in [0.05, 0.1) is 5.56 Å². The number of carbonyl (C=O) groups is 1. The van der Waals surface area contributed by atoms with Crippen molar-refractivity contribution in [2.45, 2.75) is 18.9 Å². The Bertz CT molecular complexity index is 704. The van der Waals surface area contributed by atoms with E-state index in [-0.39, 0.29) is 17.5 Å². The number of carbonyl (C=O) groups excluding carboxylic acids is 1. The number of nitrogens with two attached hydrogens (primary N) is 1. The van der Waals surface area contributed by atoms with Gasteiger partial charge < -0.3 is 16.0 Å². The monoisotopic (exact) mass is 271 g/mol. The molecule has 2 aromatic rings. The molecule has 104 valence electrons. The minimum atomic E-state index is -0.274. The number of nitrogens with one attached hydrogen (secondary N) is 2. The first-order valence-electron chi connectivity index (χ1n) is 6.82. The van der Waals surface area contributed by atoms with Crippen molar-refractivity contribution in [3.8, 4) is 0 Å². The summed E-state index contributed by atoms with van der Waals surface area (Å²) < 4.78 is 0. The average Bonchev–Trinajstić information content (AvgIpc) is 3.28. The number of fused-ring (bicyclic) bond motifs is 1. The number of para-hydroxylation sites is 1. The number of aromatic amines is 1. The van der Waals surface area contributed by atoms with E-state index >= 15 is 0 Å². The fourth-order valence-corrected chi connectivity index (χ4v) is 2.51. The van der Waals surface area contributed by atoms with Gasteiger partial charge in [0.15, 0.2) is 0 Å². The Kier molecular flexibility index (Phi) is 3.28. The van der Waals surface area contributed by atoms with E-state index in [4.69, 9.17) is 5.73 Å². The van der Waals surface area contributed by atoms with Gasteiger partial charge in [-0.15, -0.1) is 0 Å². The molecule has 20 heavy (non-hydrogen) atoms. The van der Waals surface area contributed by atoms with E-state index in [9.17, 15) is 9.59 Å². The van der Waals surface area contributed by atoms with Crippen molar-refractivity contribution in [3.63, 3.8) is 0 Å². The Morgan fingerprint density at radius 1 is 1.40 bits per heavy atom. The zero-order valence-corrected chi connectivity index (χ0v) is 11.1. The summed E-state index contributed by atoms with van der Waals surface area (Å²) >= 11 is 0. The molecule has 1 aliphatic rings. The predicted octanol–water partition coefficient (Wildman–Crippen LogP) is 0.995. The van der Waals surface area contributed by atoms with Crippen LogP contribution < -0.4 is 16.6 Å². The minimum absolute atomic E-state index is 0.000509. The lowest BCUT2D eigenvalue weighted by molar-refractivity contribution is 0.0935. The summed E-state index contributed by atoms with van der Waals surface area (Å²) in [4.78, 5) is 26.8. The number of hydrogen-bond acceptors (Lipinski definition) is 3. The molecule has 5 heteroatoms. The second-order valence-electron chi connectivity index (χ2n) is 5.25. The number of rotatable bonds is 4. The molecule has 1 saturated carbocycles. The van der Waals surface area contributed by atoms with Crippen LogP contribution in [-0.2, 0) is 0 Å². The number of amides is 1. The third-order valence-electron chi connectivity index (χ3n) is 3.76. The topological polar surface area (TPSA) is 88.0 Å². The van der Waals surface area contributed by atoms with Gasteiger partial charge in [-0.3, -0.25) is 9.59 Å². The van der Waals surface area contributed by atoms with Gasteiger partial charge in [-0.05, 0) is 24.8 Å². The van der Waals surface area contributed by atoms with Gasteiger partial charge in [0.25, 0.3) is 5.91 Å². The number of H-pyrrole nitrogens is 1. The van der Waals surface area contributed by atoms with Gasteiger partial charge in [-0.25, -0.2) is 0 Å². The quantitative estimate of drug-likeness (QED) is 0.775. The first-order chi connectivity index (χ1) is 9.69. The predicted molar refractivity (Wildman–Crippen MR) is 77.6 cm³/mol. The number of pyridine rings is 1. The first-order valence-corrected chi connectivity index (χ1v) is 6.82. The lowest BCUT2D eigenvalue weighted by Gasteiger charge is -2.16. The lowest BCUT2D eigenvalue weighted by Crippen LogP contribution is -2.42. The van der Waals surface area contributed by atoms with Gasteiger partial charge in [0.1, 0.15) is 0 Å². The molecule has 1 aromatic carbocycles. The van der Waals surface area contributed by atoms with Crippen molar-refractivity contribution in [1.29, 1.82) is 0 Å². The molecule has 1 unspecified atom stereocenters. The molecule has 1 aromatic heterocycles. The SMILES string of the molecule is NCC(NC(=O)c1cc(=O)[nH]c2ccccc12)C1CC1. The highest BCUT2D eigenvalue weighted by Crippen LogP contribution is 2.32. The third kappa shape index (κ3) is 2.44. The molecule has 1 aliphatic carbocycles. The van der Waals surface area contributed by atoms with Gasteiger partial charge in [0.2, 0.25) is 5.56 Å². The van der Waals surface area contributed by atoms with Crippen LogP contribution in [0.1, 0.15) is 23.2 Å². The number of hydrogen-bond donors (Lipinski definition) is 3. The maximum Gasteiger partial charge on any atom is 0.252 e. The van der Waals surface area contributed by atoms with E-state index < -0.39 is 0 Å². The van der Waals surface area contributed by atoms with E-state index in [2.05, 4.69) is 10.3 Å². The van der Waals surface area contributed by atoms with E-state index in [0.29, 0.717) is 23.5 Å². The number of benzene rings is 1. The fourth-order valence-electron chi connectivity index (χ4n) is 2.51. The molecule has 4 N–H and O–H groups in total. The van der Waals surface area contributed by atoms with Crippen molar-refractivity contribution in [1.82, 2.24) is 10.3 Å². The Morgan fingerprint density at radius 3 is 2.85 bits per heavy atom. The molecule has 1 atom stereocenters. The van der Waals surface area contributed by atoms with Crippen LogP contribution in [0, 0.1) is 5.92 Å². The summed E-state index contributed by atoms with van der Waals surface area (Å²) in [6, 6.07) is 8.63. The molecule has 1 heterocycles. The highest BCUT2D eigenvalue weighted by Gasteiger charge is 2.31.